The van der Waals surface area contributed by atoms with E-state index < -0.39 is 0 Å². The SMILES string of the molecule is COc1ccc(-c2ccc(Nc3c(Br)cnn3C)cc2)cn1. The van der Waals surface area contributed by atoms with Crippen LogP contribution in [0.3, 0.4) is 0 Å². The van der Waals surface area contributed by atoms with Gasteiger partial charge >= 0.3 is 0 Å². The normalized spacial score (nSPS) is 10.5. The number of nitrogens with one attached hydrogen (secondary N) is 1. The highest BCUT2D eigenvalue weighted by Gasteiger charge is 2.06. The number of aryl methyl sites for hydroxylation is 1. The molecular weight excluding hydrogens is 344 g/mol. The molecule has 2 aromatic heterocycles. The molecule has 0 fully saturated rings. The lowest BCUT2D eigenvalue weighted by molar-refractivity contribution is 0.398. The zero-order chi connectivity index (χ0) is 15.5. The number of halogens is 1. The molecule has 2 heterocycles. The van der Waals surface area contributed by atoms with Crippen molar-refractivity contribution in [3.63, 3.8) is 0 Å². The molecule has 0 aliphatic rings. The van der Waals surface area contributed by atoms with Gasteiger partial charge in [-0.25, -0.2) is 4.98 Å². The molecule has 0 saturated heterocycles. The Morgan fingerprint density at radius 2 is 1.77 bits per heavy atom. The number of pyridine rings is 1. The van der Waals surface area contributed by atoms with Gasteiger partial charge in [0.05, 0.1) is 17.8 Å². The highest BCUT2D eigenvalue weighted by molar-refractivity contribution is 9.10. The molecule has 112 valence electrons. The van der Waals surface area contributed by atoms with Crippen molar-refractivity contribution in [3.8, 4) is 17.0 Å². The summed E-state index contributed by atoms with van der Waals surface area (Å²) in [6.45, 7) is 0. The van der Waals surface area contributed by atoms with Crippen LogP contribution in [-0.2, 0) is 7.05 Å². The average molecular weight is 359 g/mol. The fourth-order valence-corrected chi connectivity index (χ4v) is 2.55. The summed E-state index contributed by atoms with van der Waals surface area (Å²) in [5.74, 6) is 1.53. The Bertz CT molecular complexity index is 746. The topological polar surface area (TPSA) is 52.0 Å². The molecule has 0 atom stereocenters. The quantitative estimate of drug-likeness (QED) is 0.765. The maximum atomic E-state index is 5.07. The summed E-state index contributed by atoms with van der Waals surface area (Å²) >= 11 is 3.47. The highest BCUT2D eigenvalue weighted by Crippen LogP contribution is 2.27. The maximum absolute atomic E-state index is 5.07. The first-order valence-electron chi connectivity index (χ1n) is 6.72. The van der Waals surface area contributed by atoms with Crippen LogP contribution in [0.25, 0.3) is 11.1 Å². The Morgan fingerprint density at radius 1 is 1.05 bits per heavy atom. The average Bonchev–Trinajstić information content (AvgIpc) is 2.88. The van der Waals surface area contributed by atoms with Crippen LogP contribution in [0, 0.1) is 0 Å². The molecule has 0 unspecified atom stereocenters. The zero-order valence-electron chi connectivity index (χ0n) is 12.2. The van der Waals surface area contributed by atoms with Gasteiger partial charge in [-0.2, -0.15) is 5.10 Å². The van der Waals surface area contributed by atoms with Gasteiger partial charge in [0.25, 0.3) is 0 Å². The minimum Gasteiger partial charge on any atom is -0.481 e. The van der Waals surface area contributed by atoms with Crippen molar-refractivity contribution >= 4 is 27.4 Å². The Kier molecular flexibility index (Phi) is 4.11. The third-order valence-electron chi connectivity index (χ3n) is 3.32. The Labute approximate surface area is 137 Å². The summed E-state index contributed by atoms with van der Waals surface area (Å²) in [4.78, 5) is 4.22. The van der Waals surface area contributed by atoms with Crippen LogP contribution in [0.5, 0.6) is 5.88 Å². The molecule has 1 aromatic carbocycles. The number of aromatic nitrogens is 3. The summed E-state index contributed by atoms with van der Waals surface area (Å²) in [5.41, 5.74) is 3.15. The standard InChI is InChI=1S/C16H15BrN4O/c1-21-16(14(17)10-19-21)20-13-6-3-11(4-7-13)12-5-8-15(22-2)18-9-12/h3-10,20H,1-2H3. The summed E-state index contributed by atoms with van der Waals surface area (Å²) < 4.78 is 7.78. The number of benzene rings is 1. The van der Waals surface area contributed by atoms with Crippen molar-refractivity contribution in [2.75, 3.05) is 12.4 Å². The summed E-state index contributed by atoms with van der Waals surface area (Å²) in [7, 11) is 3.50. The maximum Gasteiger partial charge on any atom is 0.212 e. The third kappa shape index (κ3) is 2.96. The van der Waals surface area contributed by atoms with E-state index in [0.29, 0.717) is 5.88 Å². The predicted octanol–water partition coefficient (Wildman–Crippen LogP) is 4.00. The third-order valence-corrected chi connectivity index (χ3v) is 3.90. The smallest absolute Gasteiger partial charge is 0.212 e. The first-order chi connectivity index (χ1) is 10.7. The van der Waals surface area contributed by atoms with Crippen LogP contribution in [0.15, 0.2) is 53.3 Å². The minimum atomic E-state index is 0.614. The second kappa shape index (κ2) is 6.19. The van der Waals surface area contributed by atoms with Crippen LogP contribution in [-0.4, -0.2) is 21.9 Å². The Morgan fingerprint density at radius 3 is 2.32 bits per heavy atom. The number of methoxy groups -OCH3 is 1. The largest absolute Gasteiger partial charge is 0.481 e. The molecular formula is C16H15BrN4O. The van der Waals surface area contributed by atoms with E-state index >= 15 is 0 Å². The van der Waals surface area contributed by atoms with Gasteiger partial charge in [-0.05, 0) is 39.7 Å². The van der Waals surface area contributed by atoms with Gasteiger partial charge in [0, 0.05) is 30.6 Å². The van der Waals surface area contributed by atoms with Crippen LogP contribution in [0.1, 0.15) is 0 Å². The molecule has 6 heteroatoms. The molecule has 0 amide bonds. The highest BCUT2D eigenvalue weighted by atomic mass is 79.9. The number of ether oxygens (including phenoxy) is 1. The Hall–Kier alpha value is -2.34. The number of rotatable bonds is 4. The van der Waals surface area contributed by atoms with E-state index in [4.69, 9.17) is 4.74 Å². The molecule has 0 radical (unpaired) electrons. The lowest BCUT2D eigenvalue weighted by Crippen LogP contribution is -1.99. The van der Waals surface area contributed by atoms with Crippen LogP contribution in [0.4, 0.5) is 11.5 Å². The lowest BCUT2D eigenvalue weighted by Gasteiger charge is -2.09. The fraction of sp³-hybridized carbons (Fsp3) is 0.125. The van der Waals surface area contributed by atoms with Gasteiger partial charge in [-0.15, -0.1) is 0 Å². The van der Waals surface area contributed by atoms with E-state index in [-0.39, 0.29) is 0 Å². The number of hydrogen-bond donors (Lipinski definition) is 1. The number of nitrogens with zero attached hydrogens (tertiary/aromatic N) is 3. The van der Waals surface area contributed by atoms with Crippen LogP contribution < -0.4 is 10.1 Å². The molecule has 5 nitrogen and oxygen atoms in total. The van der Waals surface area contributed by atoms with Crippen LogP contribution >= 0.6 is 15.9 Å². The lowest BCUT2D eigenvalue weighted by atomic mass is 10.1. The van der Waals surface area contributed by atoms with E-state index in [9.17, 15) is 0 Å². The van der Waals surface area contributed by atoms with Crippen molar-refractivity contribution in [2.45, 2.75) is 0 Å². The molecule has 22 heavy (non-hydrogen) atoms. The summed E-state index contributed by atoms with van der Waals surface area (Å²) in [6.07, 6.45) is 3.57. The van der Waals surface area contributed by atoms with E-state index in [1.165, 1.54) is 0 Å². The monoisotopic (exact) mass is 358 g/mol. The molecule has 0 spiro atoms. The summed E-state index contributed by atoms with van der Waals surface area (Å²) in [6, 6.07) is 12.0. The van der Waals surface area contributed by atoms with Crippen molar-refractivity contribution in [3.05, 3.63) is 53.3 Å². The molecule has 0 aliphatic heterocycles. The van der Waals surface area contributed by atoms with E-state index in [1.807, 2.05) is 31.3 Å². The minimum absolute atomic E-state index is 0.614. The predicted molar refractivity (Wildman–Crippen MR) is 90.4 cm³/mol. The molecule has 3 aromatic rings. The second-order valence-electron chi connectivity index (χ2n) is 4.76. The van der Waals surface area contributed by atoms with Gasteiger partial charge in [0.2, 0.25) is 5.88 Å². The van der Waals surface area contributed by atoms with Gasteiger partial charge < -0.3 is 10.1 Å². The molecule has 1 N–H and O–H groups in total. The van der Waals surface area contributed by atoms with Crippen molar-refractivity contribution < 1.29 is 4.74 Å². The van der Waals surface area contributed by atoms with E-state index in [0.717, 1.165) is 27.1 Å². The molecule has 3 rings (SSSR count). The number of anilines is 2. The number of hydrogen-bond acceptors (Lipinski definition) is 4. The van der Waals surface area contributed by atoms with Gasteiger partial charge in [0.1, 0.15) is 5.82 Å². The van der Waals surface area contributed by atoms with Crippen LogP contribution in [0.2, 0.25) is 0 Å². The first-order valence-corrected chi connectivity index (χ1v) is 7.51. The van der Waals surface area contributed by atoms with Gasteiger partial charge in [-0.1, -0.05) is 12.1 Å². The van der Waals surface area contributed by atoms with Gasteiger partial charge in [-0.3, -0.25) is 4.68 Å². The molecule has 0 bridgehead atoms. The van der Waals surface area contributed by atoms with Crippen molar-refractivity contribution in [1.82, 2.24) is 14.8 Å². The Balaban J connectivity index is 1.80. The van der Waals surface area contributed by atoms with Crippen molar-refractivity contribution in [1.29, 1.82) is 0 Å². The molecule has 0 saturated carbocycles. The fourth-order valence-electron chi connectivity index (χ4n) is 2.11. The first kappa shape index (κ1) is 14.6. The van der Waals surface area contributed by atoms with E-state index in [1.54, 1.807) is 24.2 Å². The summed E-state index contributed by atoms with van der Waals surface area (Å²) in [5, 5.41) is 7.52. The molecule has 0 aliphatic carbocycles. The van der Waals surface area contributed by atoms with E-state index in [2.05, 4.69) is 43.5 Å². The van der Waals surface area contributed by atoms with Crippen molar-refractivity contribution in [2.24, 2.45) is 7.05 Å². The second-order valence-corrected chi connectivity index (χ2v) is 5.61. The van der Waals surface area contributed by atoms with Gasteiger partial charge in [0.15, 0.2) is 0 Å². The zero-order valence-corrected chi connectivity index (χ0v) is 13.8.